The highest BCUT2D eigenvalue weighted by Gasteiger charge is 2.32. The number of nitrogens with one attached hydrogen (secondary N) is 2. The Bertz CT molecular complexity index is 449. The van der Waals surface area contributed by atoms with Gasteiger partial charge in [0.05, 0.1) is 17.5 Å². The fraction of sp³-hybridized carbons (Fsp3) is 0.692. The first kappa shape index (κ1) is 14.3. The third-order valence-electron chi connectivity index (χ3n) is 3.83. The van der Waals surface area contributed by atoms with Crippen molar-refractivity contribution in [2.24, 2.45) is 7.05 Å². The van der Waals surface area contributed by atoms with E-state index in [9.17, 15) is 4.79 Å². The molecular formula is C13H21ClN4O. The largest absolute Gasteiger partial charge is 0.348 e. The van der Waals surface area contributed by atoms with Gasteiger partial charge in [-0.15, -0.1) is 12.4 Å². The highest BCUT2D eigenvalue weighted by Crippen LogP contribution is 2.41. The van der Waals surface area contributed by atoms with Gasteiger partial charge in [0.15, 0.2) is 0 Å². The van der Waals surface area contributed by atoms with Crippen LogP contribution in [0.3, 0.4) is 0 Å². The summed E-state index contributed by atoms with van der Waals surface area (Å²) in [6.45, 7) is 1.94. The average Bonchev–Trinajstić information content (AvgIpc) is 3.13. The number of aromatic nitrogens is 2. The minimum Gasteiger partial charge on any atom is -0.348 e. The zero-order chi connectivity index (χ0) is 12.5. The van der Waals surface area contributed by atoms with Crippen molar-refractivity contribution in [1.82, 2.24) is 20.4 Å². The fourth-order valence-electron chi connectivity index (χ4n) is 2.70. The Morgan fingerprint density at radius 1 is 1.47 bits per heavy atom. The molecule has 0 unspecified atom stereocenters. The lowest BCUT2D eigenvalue weighted by Crippen LogP contribution is -2.45. The molecule has 1 atom stereocenters. The number of aryl methyl sites for hydroxylation is 1. The predicted octanol–water partition coefficient (Wildman–Crippen LogP) is 1.20. The Morgan fingerprint density at radius 2 is 2.26 bits per heavy atom. The van der Waals surface area contributed by atoms with Gasteiger partial charge in [-0.1, -0.05) is 0 Å². The van der Waals surface area contributed by atoms with E-state index in [4.69, 9.17) is 0 Å². The number of hydrogen-bond acceptors (Lipinski definition) is 3. The minimum absolute atomic E-state index is 0. The van der Waals surface area contributed by atoms with Crippen LogP contribution in [0.1, 0.15) is 47.7 Å². The van der Waals surface area contributed by atoms with Gasteiger partial charge in [-0.2, -0.15) is 5.10 Å². The molecule has 0 bridgehead atoms. The van der Waals surface area contributed by atoms with E-state index in [0.717, 1.165) is 37.2 Å². The summed E-state index contributed by atoms with van der Waals surface area (Å²) in [6.07, 6.45) is 6.28. The zero-order valence-electron chi connectivity index (χ0n) is 11.2. The standard InChI is InChI=1S/C13H20N4O.ClH/c1-17-12(9-4-5-9)11(8-15-17)13(18)16-10-3-2-6-14-7-10;/h8-10,14H,2-7H2,1H3,(H,16,18);1H/t10-;/m0./s1. The quantitative estimate of drug-likeness (QED) is 0.877. The number of halogens is 1. The molecule has 2 N–H and O–H groups in total. The summed E-state index contributed by atoms with van der Waals surface area (Å²) in [5.41, 5.74) is 1.88. The van der Waals surface area contributed by atoms with Gasteiger partial charge < -0.3 is 10.6 Å². The summed E-state index contributed by atoms with van der Waals surface area (Å²) in [5, 5.41) is 10.7. The summed E-state index contributed by atoms with van der Waals surface area (Å²) in [7, 11) is 1.92. The first-order chi connectivity index (χ1) is 8.75. The molecule has 6 heteroatoms. The molecule has 1 saturated heterocycles. The average molecular weight is 285 g/mol. The Morgan fingerprint density at radius 3 is 2.89 bits per heavy atom. The van der Waals surface area contributed by atoms with E-state index in [1.165, 1.54) is 12.8 Å². The van der Waals surface area contributed by atoms with Gasteiger partial charge in [0.1, 0.15) is 0 Å². The maximum atomic E-state index is 12.3. The second-order valence-electron chi connectivity index (χ2n) is 5.36. The normalized spacial score (nSPS) is 22.7. The molecule has 1 saturated carbocycles. The molecule has 1 aromatic rings. The van der Waals surface area contributed by atoms with Crippen LogP contribution in [0.4, 0.5) is 0 Å². The zero-order valence-corrected chi connectivity index (χ0v) is 12.0. The molecule has 19 heavy (non-hydrogen) atoms. The summed E-state index contributed by atoms with van der Waals surface area (Å²) in [5.74, 6) is 0.585. The summed E-state index contributed by atoms with van der Waals surface area (Å²) < 4.78 is 1.85. The Labute approximate surface area is 119 Å². The maximum Gasteiger partial charge on any atom is 0.255 e. The number of rotatable bonds is 3. The molecule has 0 aromatic carbocycles. The van der Waals surface area contributed by atoms with Crippen LogP contribution in [0.5, 0.6) is 0 Å². The van der Waals surface area contributed by atoms with E-state index in [0.29, 0.717) is 5.92 Å². The lowest BCUT2D eigenvalue weighted by Gasteiger charge is -2.23. The van der Waals surface area contributed by atoms with Crippen LogP contribution in [-0.2, 0) is 7.05 Å². The smallest absolute Gasteiger partial charge is 0.255 e. The van der Waals surface area contributed by atoms with Crippen molar-refractivity contribution in [2.75, 3.05) is 13.1 Å². The van der Waals surface area contributed by atoms with Gasteiger partial charge >= 0.3 is 0 Å². The maximum absolute atomic E-state index is 12.3. The molecule has 2 fully saturated rings. The summed E-state index contributed by atoms with van der Waals surface area (Å²) >= 11 is 0. The van der Waals surface area contributed by atoms with Crippen LogP contribution in [0.15, 0.2) is 6.20 Å². The number of nitrogens with zero attached hydrogens (tertiary/aromatic N) is 2. The molecule has 1 aromatic heterocycles. The Kier molecular flexibility index (Phi) is 4.47. The molecule has 2 aliphatic rings. The van der Waals surface area contributed by atoms with E-state index >= 15 is 0 Å². The molecule has 106 valence electrons. The third-order valence-corrected chi connectivity index (χ3v) is 3.83. The van der Waals surface area contributed by atoms with E-state index in [-0.39, 0.29) is 24.4 Å². The topological polar surface area (TPSA) is 59.0 Å². The highest BCUT2D eigenvalue weighted by atomic mass is 35.5. The molecule has 1 aliphatic heterocycles. The van der Waals surface area contributed by atoms with Crippen LogP contribution in [0.2, 0.25) is 0 Å². The Balaban J connectivity index is 0.00000133. The SMILES string of the molecule is Cl.Cn1ncc(C(=O)N[C@H]2CCCNC2)c1C1CC1. The molecule has 1 aliphatic carbocycles. The van der Waals surface area contributed by atoms with Gasteiger partial charge in [0, 0.05) is 25.6 Å². The Hall–Kier alpha value is -1.07. The van der Waals surface area contributed by atoms with Gasteiger partial charge in [-0.05, 0) is 32.2 Å². The monoisotopic (exact) mass is 284 g/mol. The van der Waals surface area contributed by atoms with Gasteiger partial charge in [-0.25, -0.2) is 0 Å². The number of piperidine rings is 1. The lowest BCUT2D eigenvalue weighted by molar-refractivity contribution is 0.0929. The molecule has 2 heterocycles. The summed E-state index contributed by atoms with van der Waals surface area (Å²) in [4.78, 5) is 12.3. The number of amides is 1. The molecule has 0 spiro atoms. The molecule has 3 rings (SSSR count). The van der Waals surface area contributed by atoms with Crippen LogP contribution < -0.4 is 10.6 Å². The fourth-order valence-corrected chi connectivity index (χ4v) is 2.70. The van der Waals surface area contributed by atoms with Crippen LogP contribution in [-0.4, -0.2) is 34.8 Å². The van der Waals surface area contributed by atoms with E-state index in [1.807, 2.05) is 11.7 Å². The van der Waals surface area contributed by atoms with Crippen molar-refractivity contribution in [3.05, 3.63) is 17.5 Å². The number of hydrogen-bond donors (Lipinski definition) is 2. The second-order valence-corrected chi connectivity index (χ2v) is 5.36. The lowest BCUT2D eigenvalue weighted by atomic mass is 10.1. The van der Waals surface area contributed by atoms with Crippen molar-refractivity contribution in [1.29, 1.82) is 0 Å². The number of carbonyl (C=O) groups excluding carboxylic acids is 1. The van der Waals surface area contributed by atoms with Gasteiger partial charge in [0.2, 0.25) is 0 Å². The van der Waals surface area contributed by atoms with Crippen molar-refractivity contribution in [3.63, 3.8) is 0 Å². The molecular weight excluding hydrogens is 264 g/mol. The minimum atomic E-state index is 0. The van der Waals surface area contributed by atoms with Crippen LogP contribution >= 0.6 is 12.4 Å². The predicted molar refractivity (Wildman–Crippen MR) is 75.8 cm³/mol. The molecule has 1 amide bonds. The highest BCUT2D eigenvalue weighted by molar-refractivity contribution is 5.95. The molecule has 0 radical (unpaired) electrons. The number of carbonyl (C=O) groups is 1. The van der Waals surface area contributed by atoms with Gasteiger partial charge in [-0.3, -0.25) is 9.48 Å². The van der Waals surface area contributed by atoms with Crippen LogP contribution in [0.25, 0.3) is 0 Å². The van der Waals surface area contributed by atoms with Crippen molar-refractivity contribution in [2.45, 2.75) is 37.6 Å². The molecule has 5 nitrogen and oxygen atoms in total. The van der Waals surface area contributed by atoms with E-state index < -0.39 is 0 Å². The third kappa shape index (κ3) is 3.09. The first-order valence-corrected chi connectivity index (χ1v) is 6.79. The van der Waals surface area contributed by atoms with Crippen LogP contribution in [0, 0.1) is 0 Å². The summed E-state index contributed by atoms with van der Waals surface area (Å²) in [6, 6.07) is 0.263. The first-order valence-electron chi connectivity index (χ1n) is 6.79. The van der Waals surface area contributed by atoms with E-state index in [1.54, 1.807) is 6.20 Å². The van der Waals surface area contributed by atoms with Crippen molar-refractivity contribution >= 4 is 18.3 Å². The van der Waals surface area contributed by atoms with E-state index in [2.05, 4.69) is 15.7 Å². The van der Waals surface area contributed by atoms with Crippen molar-refractivity contribution < 1.29 is 4.79 Å². The van der Waals surface area contributed by atoms with Gasteiger partial charge in [0.25, 0.3) is 5.91 Å². The van der Waals surface area contributed by atoms with Crippen molar-refractivity contribution in [3.8, 4) is 0 Å². The second kappa shape index (κ2) is 5.92.